The van der Waals surface area contributed by atoms with E-state index < -0.39 is 0 Å². The van der Waals surface area contributed by atoms with Gasteiger partial charge in [-0.2, -0.15) is 11.8 Å². The van der Waals surface area contributed by atoms with Gasteiger partial charge in [0.15, 0.2) is 0 Å². The van der Waals surface area contributed by atoms with Gasteiger partial charge in [-0.3, -0.25) is 0 Å². The van der Waals surface area contributed by atoms with Gasteiger partial charge in [0.2, 0.25) is 0 Å². The molecule has 0 amide bonds. The number of ether oxygens (including phenoxy) is 1. The second-order valence-corrected chi connectivity index (χ2v) is 6.40. The molecule has 1 N–H and O–H groups in total. The monoisotopic (exact) mass is 263 g/mol. The summed E-state index contributed by atoms with van der Waals surface area (Å²) in [4.78, 5) is 0. The van der Waals surface area contributed by atoms with Crippen molar-refractivity contribution in [3.63, 3.8) is 0 Å². The Labute approximate surface area is 113 Å². The van der Waals surface area contributed by atoms with Crippen molar-refractivity contribution in [1.29, 1.82) is 0 Å². The van der Waals surface area contributed by atoms with Crippen molar-refractivity contribution in [3.8, 4) is 5.75 Å². The summed E-state index contributed by atoms with van der Waals surface area (Å²) in [5.74, 6) is 4.21. The smallest absolute Gasteiger partial charge is 0.120 e. The number of rotatable bonds is 4. The second-order valence-electron chi connectivity index (χ2n) is 5.32. The third-order valence-electron chi connectivity index (χ3n) is 3.79. The second kappa shape index (κ2) is 5.98. The van der Waals surface area contributed by atoms with Gasteiger partial charge in [0.05, 0.1) is 0 Å². The van der Waals surface area contributed by atoms with Crippen LogP contribution in [0.2, 0.25) is 0 Å². The molecule has 2 aliphatic heterocycles. The van der Waals surface area contributed by atoms with Gasteiger partial charge in [-0.05, 0) is 56.0 Å². The zero-order valence-electron chi connectivity index (χ0n) is 10.7. The van der Waals surface area contributed by atoms with Crippen LogP contribution in [0.1, 0.15) is 18.4 Å². The van der Waals surface area contributed by atoms with Gasteiger partial charge in [-0.15, -0.1) is 0 Å². The van der Waals surface area contributed by atoms with E-state index >= 15 is 0 Å². The SMILES string of the molecule is c1cc(CC2CCNCC2)cc(OC2CSC2)c1. The summed E-state index contributed by atoms with van der Waals surface area (Å²) in [5.41, 5.74) is 1.44. The van der Waals surface area contributed by atoms with E-state index in [0.717, 1.165) is 23.2 Å². The molecule has 0 spiro atoms. The molecule has 2 saturated heterocycles. The molecule has 0 radical (unpaired) electrons. The van der Waals surface area contributed by atoms with Crippen LogP contribution in [0.15, 0.2) is 24.3 Å². The molecule has 0 aliphatic carbocycles. The molecule has 0 unspecified atom stereocenters. The lowest BCUT2D eigenvalue weighted by Crippen LogP contribution is -2.31. The van der Waals surface area contributed by atoms with Crippen molar-refractivity contribution in [2.45, 2.75) is 25.4 Å². The van der Waals surface area contributed by atoms with Crippen molar-refractivity contribution in [3.05, 3.63) is 29.8 Å². The molecule has 2 nitrogen and oxygen atoms in total. The minimum absolute atomic E-state index is 0.448. The molecular weight excluding hydrogens is 242 g/mol. The maximum atomic E-state index is 5.95. The molecule has 0 bridgehead atoms. The van der Waals surface area contributed by atoms with Crippen LogP contribution < -0.4 is 10.1 Å². The highest BCUT2D eigenvalue weighted by molar-refractivity contribution is 8.00. The van der Waals surface area contributed by atoms with Crippen LogP contribution in [0.25, 0.3) is 0 Å². The van der Waals surface area contributed by atoms with Gasteiger partial charge in [0, 0.05) is 11.5 Å². The van der Waals surface area contributed by atoms with Crippen molar-refractivity contribution >= 4 is 11.8 Å². The Hall–Kier alpha value is -0.670. The fourth-order valence-electron chi connectivity index (χ4n) is 2.64. The molecule has 1 aromatic carbocycles. The molecule has 0 atom stereocenters. The van der Waals surface area contributed by atoms with Gasteiger partial charge in [-0.1, -0.05) is 12.1 Å². The van der Waals surface area contributed by atoms with E-state index in [2.05, 4.69) is 29.6 Å². The van der Waals surface area contributed by atoms with Crippen LogP contribution in [0.4, 0.5) is 0 Å². The fraction of sp³-hybridized carbons (Fsp3) is 0.600. The van der Waals surface area contributed by atoms with Gasteiger partial charge < -0.3 is 10.1 Å². The first kappa shape index (κ1) is 12.4. The summed E-state index contributed by atoms with van der Waals surface area (Å²) in [5, 5.41) is 3.43. The standard InChI is InChI=1S/C15H21NOS/c1-2-13(8-12-4-6-16-7-5-12)9-14(3-1)17-15-10-18-11-15/h1-3,9,12,15-16H,4-8,10-11H2. The molecule has 3 heteroatoms. The number of hydrogen-bond donors (Lipinski definition) is 1. The number of thioether (sulfide) groups is 1. The zero-order chi connectivity index (χ0) is 12.2. The molecule has 1 aromatic rings. The summed E-state index contributed by atoms with van der Waals surface area (Å²) in [6.07, 6.45) is 4.27. The summed E-state index contributed by atoms with van der Waals surface area (Å²) < 4.78 is 5.95. The summed E-state index contributed by atoms with van der Waals surface area (Å²) >= 11 is 1.97. The fourth-order valence-corrected chi connectivity index (χ4v) is 3.20. The predicted molar refractivity (Wildman–Crippen MR) is 77.5 cm³/mol. The third-order valence-corrected chi connectivity index (χ3v) is 5.01. The van der Waals surface area contributed by atoms with Crippen molar-refractivity contribution in [2.75, 3.05) is 24.6 Å². The Morgan fingerprint density at radius 3 is 2.78 bits per heavy atom. The average Bonchev–Trinajstić information content (AvgIpc) is 2.36. The first-order valence-corrected chi connectivity index (χ1v) is 8.10. The highest BCUT2D eigenvalue weighted by Gasteiger charge is 2.20. The van der Waals surface area contributed by atoms with Crippen molar-refractivity contribution in [1.82, 2.24) is 5.32 Å². The Kier molecular flexibility index (Phi) is 4.11. The number of benzene rings is 1. The van der Waals surface area contributed by atoms with E-state index in [-0.39, 0.29) is 0 Å². The molecule has 18 heavy (non-hydrogen) atoms. The molecule has 0 aromatic heterocycles. The summed E-state index contributed by atoms with van der Waals surface area (Å²) in [6, 6.07) is 8.71. The lowest BCUT2D eigenvalue weighted by atomic mass is 9.91. The quantitative estimate of drug-likeness (QED) is 0.902. The molecule has 2 fully saturated rings. The van der Waals surface area contributed by atoms with Crippen LogP contribution in [-0.4, -0.2) is 30.7 Å². The first-order chi connectivity index (χ1) is 8.90. The largest absolute Gasteiger partial charge is 0.489 e. The Morgan fingerprint density at radius 1 is 1.22 bits per heavy atom. The molecule has 2 heterocycles. The molecule has 3 rings (SSSR count). The maximum absolute atomic E-state index is 5.95. The molecule has 2 aliphatic rings. The van der Waals surface area contributed by atoms with Crippen LogP contribution in [0.5, 0.6) is 5.75 Å². The highest BCUT2D eigenvalue weighted by atomic mass is 32.2. The highest BCUT2D eigenvalue weighted by Crippen LogP contribution is 2.26. The van der Waals surface area contributed by atoms with E-state index in [9.17, 15) is 0 Å². The Morgan fingerprint density at radius 2 is 2.06 bits per heavy atom. The van der Waals surface area contributed by atoms with Crippen LogP contribution >= 0.6 is 11.8 Å². The zero-order valence-corrected chi connectivity index (χ0v) is 11.5. The molecule has 98 valence electrons. The van der Waals surface area contributed by atoms with Gasteiger partial charge in [0.25, 0.3) is 0 Å². The lowest BCUT2D eigenvalue weighted by molar-refractivity contribution is 0.240. The topological polar surface area (TPSA) is 21.3 Å². The van der Waals surface area contributed by atoms with Crippen molar-refractivity contribution in [2.24, 2.45) is 5.92 Å². The van der Waals surface area contributed by atoms with E-state index in [1.165, 1.54) is 37.9 Å². The van der Waals surface area contributed by atoms with E-state index in [0.29, 0.717) is 6.10 Å². The van der Waals surface area contributed by atoms with Gasteiger partial charge in [0.1, 0.15) is 11.9 Å². The maximum Gasteiger partial charge on any atom is 0.120 e. The lowest BCUT2D eigenvalue weighted by Gasteiger charge is -2.26. The molecular formula is C15H21NOS. The number of nitrogens with one attached hydrogen (secondary N) is 1. The number of hydrogen-bond acceptors (Lipinski definition) is 3. The minimum atomic E-state index is 0.448. The minimum Gasteiger partial charge on any atom is -0.489 e. The van der Waals surface area contributed by atoms with Gasteiger partial charge in [-0.25, -0.2) is 0 Å². The molecule has 0 saturated carbocycles. The predicted octanol–water partition coefficient (Wildman–Crippen LogP) is 2.72. The normalized spacial score (nSPS) is 21.6. The Bertz CT molecular complexity index is 386. The van der Waals surface area contributed by atoms with E-state index in [1.807, 2.05) is 11.8 Å². The third kappa shape index (κ3) is 3.21. The van der Waals surface area contributed by atoms with Crippen molar-refractivity contribution < 1.29 is 4.74 Å². The van der Waals surface area contributed by atoms with E-state index in [1.54, 1.807) is 0 Å². The van der Waals surface area contributed by atoms with Crippen LogP contribution in [-0.2, 0) is 6.42 Å². The van der Waals surface area contributed by atoms with E-state index in [4.69, 9.17) is 4.74 Å². The average molecular weight is 263 g/mol. The summed E-state index contributed by atoms with van der Waals surface area (Å²) in [7, 11) is 0. The Balaban J connectivity index is 1.58. The first-order valence-electron chi connectivity index (χ1n) is 6.94. The van der Waals surface area contributed by atoms with Gasteiger partial charge >= 0.3 is 0 Å². The number of piperidine rings is 1. The van der Waals surface area contributed by atoms with Crippen LogP contribution in [0.3, 0.4) is 0 Å². The van der Waals surface area contributed by atoms with Crippen LogP contribution in [0, 0.1) is 5.92 Å². The summed E-state index contributed by atoms with van der Waals surface area (Å²) in [6.45, 7) is 2.36.